The molecule has 0 spiro atoms. The Labute approximate surface area is 196 Å². The number of ether oxygens (including phenoxy) is 2. The second-order valence-electron chi connectivity index (χ2n) is 8.85. The van der Waals surface area contributed by atoms with Gasteiger partial charge >= 0.3 is 6.03 Å². The molecule has 33 heavy (non-hydrogen) atoms. The van der Waals surface area contributed by atoms with Crippen molar-refractivity contribution in [1.82, 2.24) is 15.1 Å². The summed E-state index contributed by atoms with van der Waals surface area (Å²) in [5.41, 5.74) is 3.13. The number of benzene rings is 2. The van der Waals surface area contributed by atoms with E-state index in [0.29, 0.717) is 37.7 Å². The lowest BCUT2D eigenvalue weighted by Gasteiger charge is -2.43. The van der Waals surface area contributed by atoms with Crippen molar-refractivity contribution in [3.05, 3.63) is 59.2 Å². The highest BCUT2D eigenvalue weighted by atomic mass is 16.5. The van der Waals surface area contributed by atoms with Crippen molar-refractivity contribution in [2.75, 3.05) is 33.9 Å². The molecule has 0 radical (unpaired) electrons. The van der Waals surface area contributed by atoms with Gasteiger partial charge in [-0.3, -0.25) is 4.79 Å². The van der Waals surface area contributed by atoms with Gasteiger partial charge in [0, 0.05) is 26.2 Å². The summed E-state index contributed by atoms with van der Waals surface area (Å²) in [6.45, 7) is 8.28. The van der Waals surface area contributed by atoms with Gasteiger partial charge in [0.2, 0.25) is 5.91 Å². The third-order valence-electron chi connectivity index (χ3n) is 6.17. The number of aryl methyl sites for hydroxylation is 1. The van der Waals surface area contributed by atoms with Gasteiger partial charge < -0.3 is 24.6 Å². The molecular formula is C26H35N3O4. The number of urea groups is 1. The van der Waals surface area contributed by atoms with Gasteiger partial charge in [0.05, 0.1) is 26.7 Å². The van der Waals surface area contributed by atoms with Crippen LogP contribution >= 0.6 is 0 Å². The average molecular weight is 454 g/mol. The first-order valence-electron chi connectivity index (χ1n) is 11.4. The van der Waals surface area contributed by atoms with E-state index in [-0.39, 0.29) is 30.3 Å². The zero-order valence-electron chi connectivity index (χ0n) is 20.3. The number of amides is 3. The molecule has 1 saturated heterocycles. The van der Waals surface area contributed by atoms with Crippen LogP contribution in [0.4, 0.5) is 4.79 Å². The van der Waals surface area contributed by atoms with E-state index < -0.39 is 0 Å². The molecule has 178 valence electrons. The van der Waals surface area contributed by atoms with E-state index >= 15 is 0 Å². The molecule has 1 heterocycles. The van der Waals surface area contributed by atoms with E-state index in [9.17, 15) is 9.59 Å². The highest BCUT2D eigenvalue weighted by Crippen LogP contribution is 2.28. The topological polar surface area (TPSA) is 71.1 Å². The first kappa shape index (κ1) is 24.4. The van der Waals surface area contributed by atoms with Crippen LogP contribution in [-0.4, -0.2) is 61.6 Å². The molecule has 0 aliphatic carbocycles. The zero-order valence-corrected chi connectivity index (χ0v) is 20.3. The van der Waals surface area contributed by atoms with Crippen molar-refractivity contribution in [2.24, 2.45) is 5.92 Å². The third-order valence-corrected chi connectivity index (χ3v) is 6.17. The van der Waals surface area contributed by atoms with Crippen molar-refractivity contribution in [3.8, 4) is 11.5 Å². The minimum atomic E-state index is -0.0822. The second kappa shape index (κ2) is 11.1. The normalized spacial score (nSPS) is 16.0. The number of carbonyl (C=O) groups excluding carboxylic acids is 2. The molecule has 1 aliphatic heterocycles. The zero-order chi connectivity index (χ0) is 24.0. The molecule has 3 rings (SSSR count). The standard InChI is InChI=1S/C26H35N3O4/c1-18(2)22-17-28(25(30)15-21-10-11-23(32-4)24(14-21)33-5)12-13-29(22)26(31)27-16-20-8-6-19(3)7-9-20/h6-11,14,18,22H,12-13,15-17H2,1-5H3,(H,27,31). The lowest BCUT2D eigenvalue weighted by atomic mass is 9.99. The highest BCUT2D eigenvalue weighted by Gasteiger charge is 2.34. The number of piperazine rings is 1. The van der Waals surface area contributed by atoms with Crippen LogP contribution in [-0.2, 0) is 17.8 Å². The Morgan fingerprint density at radius 2 is 1.67 bits per heavy atom. The molecule has 2 aromatic carbocycles. The molecule has 0 aromatic heterocycles. The summed E-state index contributed by atoms with van der Waals surface area (Å²) in [5.74, 6) is 1.52. The Kier molecular flexibility index (Phi) is 8.20. The van der Waals surface area contributed by atoms with Gasteiger partial charge in [0.15, 0.2) is 11.5 Å². The Bertz CT molecular complexity index is 959. The number of nitrogens with zero attached hydrogens (tertiary/aromatic N) is 2. The Hall–Kier alpha value is -3.22. The van der Waals surface area contributed by atoms with E-state index in [0.717, 1.165) is 11.1 Å². The quantitative estimate of drug-likeness (QED) is 0.695. The molecule has 7 heteroatoms. The fourth-order valence-corrected chi connectivity index (χ4v) is 4.12. The van der Waals surface area contributed by atoms with Crippen LogP contribution in [0.25, 0.3) is 0 Å². The van der Waals surface area contributed by atoms with E-state index in [4.69, 9.17) is 9.47 Å². The molecule has 0 bridgehead atoms. The Balaban J connectivity index is 1.61. The van der Waals surface area contributed by atoms with Gasteiger partial charge in [0.25, 0.3) is 0 Å². The lowest BCUT2D eigenvalue weighted by molar-refractivity contribution is -0.133. The van der Waals surface area contributed by atoms with Crippen LogP contribution in [0.15, 0.2) is 42.5 Å². The molecule has 7 nitrogen and oxygen atoms in total. The number of methoxy groups -OCH3 is 2. The predicted molar refractivity (Wildman–Crippen MR) is 129 cm³/mol. The van der Waals surface area contributed by atoms with Crippen LogP contribution in [0.3, 0.4) is 0 Å². The maximum atomic E-state index is 13.0. The van der Waals surface area contributed by atoms with Crippen LogP contribution in [0.1, 0.15) is 30.5 Å². The van der Waals surface area contributed by atoms with Gasteiger partial charge in [-0.05, 0) is 36.1 Å². The molecular weight excluding hydrogens is 418 g/mol. The summed E-state index contributed by atoms with van der Waals surface area (Å²) in [6, 6.07) is 13.6. The fraction of sp³-hybridized carbons (Fsp3) is 0.462. The van der Waals surface area contributed by atoms with E-state index in [1.807, 2.05) is 59.2 Å². The van der Waals surface area contributed by atoms with Crippen molar-refractivity contribution in [2.45, 2.75) is 39.8 Å². The first-order valence-corrected chi connectivity index (χ1v) is 11.4. The van der Waals surface area contributed by atoms with Crippen molar-refractivity contribution >= 4 is 11.9 Å². The van der Waals surface area contributed by atoms with Crippen molar-refractivity contribution in [3.63, 3.8) is 0 Å². The van der Waals surface area contributed by atoms with E-state index in [2.05, 4.69) is 19.2 Å². The summed E-state index contributed by atoms with van der Waals surface area (Å²) >= 11 is 0. The fourth-order valence-electron chi connectivity index (χ4n) is 4.12. The molecule has 1 unspecified atom stereocenters. The minimum absolute atomic E-state index is 0.0360. The van der Waals surface area contributed by atoms with Gasteiger partial charge in [0.1, 0.15) is 0 Å². The SMILES string of the molecule is COc1ccc(CC(=O)N2CCN(C(=O)NCc3ccc(C)cc3)C(C(C)C)C2)cc1OC. The molecule has 3 amide bonds. The van der Waals surface area contributed by atoms with Gasteiger partial charge in [-0.25, -0.2) is 4.79 Å². The van der Waals surface area contributed by atoms with Gasteiger partial charge in [-0.2, -0.15) is 0 Å². The molecule has 1 fully saturated rings. The smallest absolute Gasteiger partial charge is 0.318 e. The molecule has 1 N–H and O–H groups in total. The summed E-state index contributed by atoms with van der Waals surface area (Å²) in [4.78, 5) is 29.7. The largest absolute Gasteiger partial charge is 0.493 e. The monoisotopic (exact) mass is 453 g/mol. The molecule has 1 atom stereocenters. The van der Waals surface area contributed by atoms with Crippen LogP contribution in [0.2, 0.25) is 0 Å². The summed E-state index contributed by atoms with van der Waals surface area (Å²) in [7, 11) is 3.17. The number of carbonyl (C=O) groups is 2. The van der Waals surface area contributed by atoms with Crippen LogP contribution in [0.5, 0.6) is 11.5 Å². The third kappa shape index (κ3) is 6.18. The van der Waals surface area contributed by atoms with Crippen LogP contribution in [0, 0.1) is 12.8 Å². The van der Waals surface area contributed by atoms with Crippen LogP contribution < -0.4 is 14.8 Å². The summed E-state index contributed by atoms with van der Waals surface area (Å²) < 4.78 is 10.6. The Morgan fingerprint density at radius 3 is 2.30 bits per heavy atom. The number of hydrogen-bond donors (Lipinski definition) is 1. The van der Waals surface area contributed by atoms with E-state index in [1.165, 1.54) is 5.56 Å². The number of rotatable bonds is 7. The molecule has 0 saturated carbocycles. The van der Waals surface area contributed by atoms with Crippen molar-refractivity contribution < 1.29 is 19.1 Å². The second-order valence-corrected chi connectivity index (χ2v) is 8.85. The number of nitrogens with one attached hydrogen (secondary N) is 1. The molecule has 1 aliphatic rings. The first-order chi connectivity index (χ1) is 15.8. The van der Waals surface area contributed by atoms with Gasteiger partial charge in [-0.1, -0.05) is 49.7 Å². The summed E-state index contributed by atoms with van der Waals surface area (Å²) in [5, 5.41) is 3.04. The molecule has 2 aromatic rings. The maximum Gasteiger partial charge on any atom is 0.318 e. The highest BCUT2D eigenvalue weighted by molar-refractivity contribution is 5.80. The lowest BCUT2D eigenvalue weighted by Crippen LogP contribution is -2.60. The van der Waals surface area contributed by atoms with Gasteiger partial charge in [-0.15, -0.1) is 0 Å². The van der Waals surface area contributed by atoms with E-state index in [1.54, 1.807) is 14.2 Å². The minimum Gasteiger partial charge on any atom is -0.493 e. The summed E-state index contributed by atoms with van der Waals surface area (Å²) in [6.07, 6.45) is 0.283. The predicted octanol–water partition coefficient (Wildman–Crippen LogP) is 3.63. The maximum absolute atomic E-state index is 13.0. The Morgan fingerprint density at radius 1 is 1.00 bits per heavy atom. The number of hydrogen-bond acceptors (Lipinski definition) is 4. The van der Waals surface area contributed by atoms with Crippen molar-refractivity contribution in [1.29, 1.82) is 0 Å². The average Bonchev–Trinajstić information content (AvgIpc) is 2.82.